The molecule has 0 bridgehead atoms. The summed E-state index contributed by atoms with van der Waals surface area (Å²) in [5.74, 6) is 0.557. The number of hydrogen-bond acceptors (Lipinski definition) is 5. The van der Waals surface area contributed by atoms with Crippen LogP contribution < -0.4 is 19.5 Å². The van der Waals surface area contributed by atoms with Crippen molar-refractivity contribution in [2.45, 2.75) is 19.0 Å². The van der Waals surface area contributed by atoms with Gasteiger partial charge in [-0.15, -0.1) is 0 Å². The van der Waals surface area contributed by atoms with Crippen molar-refractivity contribution in [2.75, 3.05) is 26.1 Å². The molecule has 1 aliphatic rings. The largest absolute Gasteiger partial charge is 0.486 e. The molecule has 2 atom stereocenters. The number of nitrogens with one attached hydrogen (secondary N) is 3. The molecule has 37 heavy (non-hydrogen) atoms. The predicted octanol–water partition coefficient (Wildman–Crippen LogP) is 3.32. The molecular weight excluding hydrogens is 490 g/mol. The van der Waals surface area contributed by atoms with Crippen molar-refractivity contribution in [1.29, 1.82) is 0 Å². The van der Waals surface area contributed by atoms with E-state index in [9.17, 15) is 14.1 Å². The smallest absolute Gasteiger partial charge is 0.255 e. The summed E-state index contributed by atoms with van der Waals surface area (Å²) in [5, 5.41) is 14.1. The fourth-order valence-corrected chi connectivity index (χ4v) is 4.90. The van der Waals surface area contributed by atoms with Crippen molar-refractivity contribution in [3.63, 3.8) is 0 Å². The lowest BCUT2D eigenvalue weighted by molar-refractivity contribution is 0.0906. The SMILES string of the molecule is CS(=O)NCc1cccc(-c2cc3c(c(C(=O)N[C@@H](CO)Cc4c[nH]c5ccccc45)c2)OCCO3)c1. The van der Waals surface area contributed by atoms with Crippen molar-refractivity contribution in [3.8, 4) is 22.6 Å². The highest BCUT2D eigenvalue weighted by atomic mass is 32.2. The standard InChI is InChI=1S/C28H29N3O5S/c1-37(34)30-15-18-5-4-6-19(11-18)20-13-24(27-26(14-20)35-9-10-36-27)28(33)31-22(17-32)12-21-16-29-25-8-3-2-7-23(21)25/h2-8,11,13-14,16,22,29-30,32H,9-10,12,15,17H2,1H3,(H,31,33)/t22-,37?/m1/s1. The summed E-state index contributed by atoms with van der Waals surface area (Å²) in [5.41, 5.74) is 5.03. The Labute approximate surface area is 217 Å². The average molecular weight is 520 g/mol. The van der Waals surface area contributed by atoms with Gasteiger partial charge in [0.05, 0.1) is 29.2 Å². The predicted molar refractivity (Wildman–Crippen MR) is 144 cm³/mol. The summed E-state index contributed by atoms with van der Waals surface area (Å²) in [4.78, 5) is 16.7. The first-order chi connectivity index (χ1) is 18.0. The Morgan fingerprint density at radius 3 is 2.76 bits per heavy atom. The van der Waals surface area contributed by atoms with Gasteiger partial charge in [-0.25, -0.2) is 8.93 Å². The number of amides is 1. The molecular formula is C28H29N3O5S. The van der Waals surface area contributed by atoms with Gasteiger partial charge in [0, 0.05) is 29.9 Å². The van der Waals surface area contributed by atoms with Crippen molar-refractivity contribution in [2.24, 2.45) is 0 Å². The molecule has 1 unspecified atom stereocenters. The Kier molecular flexibility index (Phi) is 7.55. The molecule has 0 aliphatic carbocycles. The lowest BCUT2D eigenvalue weighted by Crippen LogP contribution is -2.39. The fraction of sp³-hybridized carbons (Fsp3) is 0.250. The van der Waals surface area contributed by atoms with E-state index in [-0.39, 0.29) is 12.5 Å². The topological polar surface area (TPSA) is 113 Å². The van der Waals surface area contributed by atoms with E-state index in [4.69, 9.17) is 9.47 Å². The monoisotopic (exact) mass is 519 g/mol. The lowest BCUT2D eigenvalue weighted by atomic mass is 9.98. The zero-order chi connectivity index (χ0) is 25.8. The number of aliphatic hydroxyl groups excluding tert-OH is 1. The summed E-state index contributed by atoms with van der Waals surface area (Å²) in [6, 6.07) is 18.9. The Morgan fingerprint density at radius 2 is 1.92 bits per heavy atom. The van der Waals surface area contributed by atoms with Gasteiger partial charge in [0.1, 0.15) is 13.2 Å². The Hall–Kier alpha value is -3.66. The average Bonchev–Trinajstić information content (AvgIpc) is 3.33. The molecule has 5 rings (SSSR count). The van der Waals surface area contributed by atoms with E-state index in [0.29, 0.717) is 43.2 Å². The van der Waals surface area contributed by atoms with Crippen LogP contribution in [0.2, 0.25) is 0 Å². The van der Waals surface area contributed by atoms with Gasteiger partial charge >= 0.3 is 0 Å². The molecule has 1 aromatic heterocycles. The minimum absolute atomic E-state index is 0.210. The number of carbonyl (C=O) groups excluding carboxylic acids is 1. The Bertz CT molecular complexity index is 1450. The molecule has 192 valence electrons. The molecule has 0 radical (unpaired) electrons. The zero-order valence-corrected chi connectivity index (χ0v) is 21.3. The van der Waals surface area contributed by atoms with Gasteiger partial charge in [-0.05, 0) is 52.9 Å². The Morgan fingerprint density at radius 1 is 1.08 bits per heavy atom. The van der Waals surface area contributed by atoms with Gasteiger partial charge in [-0.1, -0.05) is 36.4 Å². The van der Waals surface area contributed by atoms with Gasteiger partial charge < -0.3 is 24.9 Å². The summed E-state index contributed by atoms with van der Waals surface area (Å²) in [6.45, 7) is 0.990. The number of fused-ring (bicyclic) bond motifs is 2. The number of hydrogen-bond donors (Lipinski definition) is 4. The van der Waals surface area contributed by atoms with Crippen LogP contribution in [-0.2, 0) is 24.0 Å². The van der Waals surface area contributed by atoms with E-state index in [2.05, 4.69) is 15.0 Å². The molecule has 4 N–H and O–H groups in total. The van der Waals surface area contributed by atoms with Crippen LogP contribution in [0.5, 0.6) is 11.5 Å². The quantitative estimate of drug-likeness (QED) is 0.271. The number of aromatic amines is 1. The van der Waals surface area contributed by atoms with E-state index in [1.165, 1.54) is 0 Å². The number of H-pyrrole nitrogens is 1. The molecule has 4 aromatic rings. The summed E-state index contributed by atoms with van der Waals surface area (Å²) >= 11 is 0. The molecule has 8 nitrogen and oxygen atoms in total. The van der Waals surface area contributed by atoms with E-state index in [1.807, 2.05) is 60.8 Å². The summed E-state index contributed by atoms with van der Waals surface area (Å²) in [7, 11) is -1.12. The maximum atomic E-state index is 13.5. The number of benzene rings is 3. The molecule has 9 heteroatoms. The van der Waals surface area contributed by atoms with Crippen molar-refractivity contribution >= 4 is 27.8 Å². The maximum Gasteiger partial charge on any atom is 0.255 e. The Balaban J connectivity index is 1.42. The summed E-state index contributed by atoms with van der Waals surface area (Å²) in [6.07, 6.45) is 3.97. The van der Waals surface area contributed by atoms with Crippen LogP contribution in [0.4, 0.5) is 0 Å². The zero-order valence-electron chi connectivity index (χ0n) is 20.5. The number of carbonyl (C=O) groups is 1. The third kappa shape index (κ3) is 5.69. The van der Waals surface area contributed by atoms with Crippen molar-refractivity contribution in [3.05, 3.63) is 83.6 Å². The normalized spacial score (nSPS) is 14.3. The van der Waals surface area contributed by atoms with Crippen LogP contribution in [0.15, 0.2) is 66.9 Å². The number of rotatable bonds is 9. The molecule has 3 aromatic carbocycles. The maximum absolute atomic E-state index is 13.5. The van der Waals surface area contributed by atoms with Crippen LogP contribution in [0.25, 0.3) is 22.0 Å². The van der Waals surface area contributed by atoms with E-state index in [1.54, 1.807) is 12.3 Å². The van der Waals surface area contributed by atoms with Crippen LogP contribution in [0.1, 0.15) is 21.5 Å². The minimum Gasteiger partial charge on any atom is -0.486 e. The molecule has 0 saturated carbocycles. The molecule has 0 saturated heterocycles. The first-order valence-electron chi connectivity index (χ1n) is 12.1. The number of ether oxygens (including phenoxy) is 2. The van der Waals surface area contributed by atoms with Crippen molar-refractivity contribution < 1.29 is 23.6 Å². The highest BCUT2D eigenvalue weighted by Gasteiger charge is 2.25. The second-order valence-corrected chi connectivity index (χ2v) is 10.1. The van der Waals surface area contributed by atoms with E-state index >= 15 is 0 Å². The molecule has 1 amide bonds. The van der Waals surface area contributed by atoms with Gasteiger partial charge in [0.2, 0.25) is 0 Å². The first kappa shape index (κ1) is 25.0. The highest BCUT2D eigenvalue weighted by Crippen LogP contribution is 2.38. The van der Waals surface area contributed by atoms with E-state index in [0.717, 1.165) is 33.2 Å². The van der Waals surface area contributed by atoms with Crippen LogP contribution in [-0.4, -0.2) is 52.3 Å². The van der Waals surface area contributed by atoms with Gasteiger partial charge in [0.15, 0.2) is 11.5 Å². The lowest BCUT2D eigenvalue weighted by Gasteiger charge is -2.23. The third-order valence-corrected chi connectivity index (χ3v) is 6.87. The van der Waals surface area contributed by atoms with E-state index < -0.39 is 17.0 Å². The first-order valence-corrected chi connectivity index (χ1v) is 13.6. The molecule has 1 aliphatic heterocycles. The van der Waals surface area contributed by atoms with Crippen LogP contribution in [0, 0.1) is 0 Å². The molecule has 2 heterocycles. The second kappa shape index (κ2) is 11.2. The summed E-state index contributed by atoms with van der Waals surface area (Å²) < 4.78 is 26.0. The highest BCUT2D eigenvalue weighted by molar-refractivity contribution is 7.82. The second-order valence-electron chi connectivity index (χ2n) is 8.94. The molecule has 0 fully saturated rings. The number of para-hydroxylation sites is 1. The fourth-order valence-electron chi connectivity index (χ4n) is 4.53. The minimum atomic E-state index is -1.12. The van der Waals surface area contributed by atoms with Crippen LogP contribution in [0.3, 0.4) is 0 Å². The van der Waals surface area contributed by atoms with Crippen LogP contribution >= 0.6 is 0 Å². The number of aromatic nitrogens is 1. The van der Waals surface area contributed by atoms with Crippen molar-refractivity contribution in [1.82, 2.24) is 15.0 Å². The molecule has 0 spiro atoms. The third-order valence-electron chi connectivity index (χ3n) is 6.32. The van der Waals surface area contributed by atoms with Gasteiger partial charge in [0.25, 0.3) is 5.91 Å². The van der Waals surface area contributed by atoms with Gasteiger partial charge in [-0.2, -0.15) is 0 Å². The number of aliphatic hydroxyl groups is 1. The van der Waals surface area contributed by atoms with Gasteiger partial charge in [-0.3, -0.25) is 4.79 Å².